The highest BCUT2D eigenvalue weighted by molar-refractivity contribution is 9.10. The lowest BCUT2D eigenvalue weighted by atomic mass is 9.91. The van der Waals surface area contributed by atoms with E-state index in [1.165, 1.54) is 0 Å². The van der Waals surface area contributed by atoms with E-state index in [0.29, 0.717) is 5.69 Å². The Bertz CT molecular complexity index is 706. The molecule has 3 rings (SSSR count). The first-order valence-corrected chi connectivity index (χ1v) is 8.20. The topological polar surface area (TPSA) is 66.9 Å². The number of nitrogens with zero attached hydrogens (tertiary/aromatic N) is 2. The summed E-state index contributed by atoms with van der Waals surface area (Å²) in [5.74, 6) is -0.128. The van der Waals surface area contributed by atoms with E-state index in [1.807, 2.05) is 6.07 Å². The van der Waals surface area contributed by atoms with Gasteiger partial charge in [0.1, 0.15) is 5.69 Å². The number of nitrogens with one attached hydrogen (secondary N) is 2. The quantitative estimate of drug-likeness (QED) is 0.861. The van der Waals surface area contributed by atoms with Crippen LogP contribution in [-0.4, -0.2) is 34.0 Å². The molecule has 1 saturated heterocycles. The van der Waals surface area contributed by atoms with E-state index in [2.05, 4.69) is 50.4 Å². The summed E-state index contributed by atoms with van der Waals surface area (Å²) >= 11 is 3.42. The molecule has 22 heavy (non-hydrogen) atoms. The first-order chi connectivity index (χ1) is 10.4. The van der Waals surface area contributed by atoms with Crippen molar-refractivity contribution in [1.82, 2.24) is 20.6 Å². The Hall–Kier alpha value is -1.53. The monoisotopic (exact) mass is 362 g/mol. The lowest BCUT2D eigenvalue weighted by molar-refractivity contribution is 0.0916. The van der Waals surface area contributed by atoms with Crippen molar-refractivity contribution >= 4 is 32.7 Å². The lowest BCUT2D eigenvalue weighted by Gasteiger charge is -2.36. The predicted octanol–water partition coefficient (Wildman–Crippen LogP) is 2.65. The minimum Gasteiger partial charge on any atom is -0.347 e. The van der Waals surface area contributed by atoms with Gasteiger partial charge in [-0.05, 0) is 54.8 Å². The second kappa shape index (κ2) is 5.93. The molecule has 1 unspecified atom stereocenters. The van der Waals surface area contributed by atoms with E-state index >= 15 is 0 Å². The Balaban J connectivity index is 1.74. The molecule has 3 heterocycles. The maximum absolute atomic E-state index is 12.4. The summed E-state index contributed by atoms with van der Waals surface area (Å²) in [6, 6.07) is 3.77. The number of aromatic nitrogens is 2. The van der Waals surface area contributed by atoms with Gasteiger partial charge in [-0.25, -0.2) is 4.98 Å². The summed E-state index contributed by atoms with van der Waals surface area (Å²) in [7, 11) is 0. The van der Waals surface area contributed by atoms with Crippen molar-refractivity contribution < 1.29 is 4.79 Å². The maximum atomic E-state index is 12.4. The van der Waals surface area contributed by atoms with E-state index in [0.717, 1.165) is 34.8 Å². The molecule has 1 amide bonds. The summed E-state index contributed by atoms with van der Waals surface area (Å²) in [5, 5.41) is 7.42. The van der Waals surface area contributed by atoms with E-state index in [9.17, 15) is 4.79 Å². The molecule has 5 nitrogen and oxygen atoms in total. The second-order valence-corrected chi connectivity index (χ2v) is 7.22. The minimum absolute atomic E-state index is 0.128. The number of carbonyl (C=O) groups excluding carboxylic acids is 1. The van der Waals surface area contributed by atoms with Crippen molar-refractivity contribution in [2.75, 3.05) is 6.54 Å². The Morgan fingerprint density at radius 2 is 2.23 bits per heavy atom. The van der Waals surface area contributed by atoms with Crippen LogP contribution in [0.15, 0.2) is 29.0 Å². The van der Waals surface area contributed by atoms with Gasteiger partial charge in [0, 0.05) is 35.9 Å². The Morgan fingerprint density at radius 1 is 1.41 bits per heavy atom. The lowest BCUT2D eigenvalue weighted by Crippen LogP contribution is -2.54. The van der Waals surface area contributed by atoms with Crippen LogP contribution < -0.4 is 10.6 Å². The molecule has 2 aromatic rings. The van der Waals surface area contributed by atoms with Crippen LogP contribution >= 0.6 is 15.9 Å². The van der Waals surface area contributed by atoms with Crippen LogP contribution in [-0.2, 0) is 0 Å². The van der Waals surface area contributed by atoms with Crippen molar-refractivity contribution in [3.05, 3.63) is 34.7 Å². The average molecular weight is 363 g/mol. The molecule has 0 radical (unpaired) electrons. The van der Waals surface area contributed by atoms with Crippen molar-refractivity contribution in [3.8, 4) is 0 Å². The number of carbonyl (C=O) groups is 1. The molecule has 0 aromatic carbocycles. The van der Waals surface area contributed by atoms with Gasteiger partial charge in [-0.1, -0.05) is 0 Å². The molecule has 0 spiro atoms. The van der Waals surface area contributed by atoms with Crippen molar-refractivity contribution in [1.29, 1.82) is 0 Å². The number of amides is 1. The zero-order valence-electron chi connectivity index (χ0n) is 12.7. The van der Waals surface area contributed by atoms with Crippen LogP contribution in [0, 0.1) is 0 Å². The van der Waals surface area contributed by atoms with Gasteiger partial charge < -0.3 is 10.6 Å². The fourth-order valence-corrected chi connectivity index (χ4v) is 3.08. The fraction of sp³-hybridized carbons (Fsp3) is 0.438. The summed E-state index contributed by atoms with van der Waals surface area (Å²) in [6.45, 7) is 5.16. The van der Waals surface area contributed by atoms with Gasteiger partial charge in [-0.2, -0.15) is 0 Å². The number of halogens is 1. The van der Waals surface area contributed by atoms with Gasteiger partial charge in [-0.3, -0.25) is 9.78 Å². The number of hydrogen-bond acceptors (Lipinski definition) is 4. The van der Waals surface area contributed by atoms with Gasteiger partial charge >= 0.3 is 0 Å². The molecule has 2 N–H and O–H groups in total. The first-order valence-electron chi connectivity index (χ1n) is 7.41. The SMILES string of the molecule is CC1(C)CCC(NC(=O)c2ccc3cncc(Br)c3n2)CN1. The maximum Gasteiger partial charge on any atom is 0.270 e. The Labute approximate surface area is 138 Å². The summed E-state index contributed by atoms with van der Waals surface area (Å²) < 4.78 is 0.792. The zero-order valence-corrected chi connectivity index (χ0v) is 14.3. The van der Waals surface area contributed by atoms with Crippen molar-refractivity contribution in [2.24, 2.45) is 0 Å². The number of fused-ring (bicyclic) bond motifs is 1. The number of rotatable bonds is 2. The van der Waals surface area contributed by atoms with Crippen LogP contribution in [0.25, 0.3) is 10.9 Å². The van der Waals surface area contributed by atoms with Gasteiger partial charge in [0.25, 0.3) is 5.91 Å². The number of piperidine rings is 1. The molecule has 0 bridgehead atoms. The van der Waals surface area contributed by atoms with Gasteiger partial charge in [0.15, 0.2) is 0 Å². The van der Waals surface area contributed by atoms with E-state index < -0.39 is 0 Å². The standard InChI is InChI=1S/C16H19BrN4O/c1-16(2)6-5-11(8-19-16)20-15(22)13-4-3-10-7-18-9-12(17)14(10)21-13/h3-4,7,9,11,19H,5-6,8H2,1-2H3,(H,20,22). The van der Waals surface area contributed by atoms with E-state index in [1.54, 1.807) is 18.5 Å². The molecular weight excluding hydrogens is 344 g/mol. The second-order valence-electron chi connectivity index (χ2n) is 6.36. The fourth-order valence-electron chi connectivity index (χ4n) is 2.64. The molecule has 2 aromatic heterocycles. The molecule has 0 aliphatic carbocycles. The smallest absolute Gasteiger partial charge is 0.270 e. The molecule has 1 fully saturated rings. The summed E-state index contributed by atoms with van der Waals surface area (Å²) in [5.41, 5.74) is 1.34. The number of hydrogen-bond donors (Lipinski definition) is 2. The molecule has 0 saturated carbocycles. The van der Waals surface area contributed by atoms with Crippen LogP contribution in [0.2, 0.25) is 0 Å². The Kier molecular flexibility index (Phi) is 4.14. The van der Waals surface area contributed by atoms with Crippen LogP contribution in [0.3, 0.4) is 0 Å². The van der Waals surface area contributed by atoms with E-state index in [-0.39, 0.29) is 17.5 Å². The highest BCUT2D eigenvalue weighted by atomic mass is 79.9. The molecule has 1 aliphatic rings. The first kappa shape index (κ1) is 15.4. The van der Waals surface area contributed by atoms with Gasteiger partial charge in [0.2, 0.25) is 0 Å². The largest absolute Gasteiger partial charge is 0.347 e. The van der Waals surface area contributed by atoms with Gasteiger partial charge in [-0.15, -0.1) is 0 Å². The molecule has 1 aliphatic heterocycles. The third kappa shape index (κ3) is 3.28. The van der Waals surface area contributed by atoms with Crippen molar-refractivity contribution in [2.45, 2.75) is 38.3 Å². The normalized spacial score (nSPS) is 20.8. The predicted molar refractivity (Wildman–Crippen MR) is 89.8 cm³/mol. The highest BCUT2D eigenvalue weighted by Gasteiger charge is 2.27. The average Bonchev–Trinajstić information content (AvgIpc) is 2.49. The molecule has 116 valence electrons. The van der Waals surface area contributed by atoms with E-state index in [4.69, 9.17) is 0 Å². The highest BCUT2D eigenvalue weighted by Crippen LogP contribution is 2.21. The van der Waals surface area contributed by atoms with Gasteiger partial charge in [0.05, 0.1) is 9.99 Å². The third-order valence-electron chi connectivity index (χ3n) is 4.07. The summed E-state index contributed by atoms with van der Waals surface area (Å²) in [6.07, 6.45) is 5.44. The number of pyridine rings is 2. The van der Waals surface area contributed by atoms with Crippen molar-refractivity contribution in [3.63, 3.8) is 0 Å². The molecule has 6 heteroatoms. The molecule has 1 atom stereocenters. The minimum atomic E-state index is -0.128. The Morgan fingerprint density at radius 3 is 2.95 bits per heavy atom. The van der Waals surface area contributed by atoms with Crippen LogP contribution in [0.4, 0.5) is 0 Å². The third-order valence-corrected chi connectivity index (χ3v) is 4.65. The zero-order chi connectivity index (χ0) is 15.7. The van der Waals surface area contributed by atoms with Crippen LogP contribution in [0.5, 0.6) is 0 Å². The van der Waals surface area contributed by atoms with Crippen LogP contribution in [0.1, 0.15) is 37.2 Å². The molecular formula is C16H19BrN4O. The summed E-state index contributed by atoms with van der Waals surface area (Å²) in [4.78, 5) is 20.9.